The second-order valence-electron chi connectivity index (χ2n) is 9.46. The topological polar surface area (TPSA) is 151 Å². The molecule has 2 heterocycles. The summed E-state index contributed by atoms with van der Waals surface area (Å²) < 4.78 is 43.2. The Bertz CT molecular complexity index is 1600. The van der Waals surface area contributed by atoms with Gasteiger partial charge in [-0.25, -0.2) is 27.6 Å². The molecule has 1 unspecified atom stereocenters. The molecule has 0 saturated carbocycles. The van der Waals surface area contributed by atoms with E-state index < -0.39 is 45.4 Å². The van der Waals surface area contributed by atoms with Gasteiger partial charge in [0.2, 0.25) is 0 Å². The molecule has 10 nitrogen and oxygen atoms in total. The van der Waals surface area contributed by atoms with E-state index in [0.29, 0.717) is 34.7 Å². The number of carbonyl (C=O) groups is 2. The van der Waals surface area contributed by atoms with Crippen molar-refractivity contribution < 1.29 is 32.2 Å². The number of aromatic nitrogens is 3. The molecule has 41 heavy (non-hydrogen) atoms. The number of ether oxygens (including phenoxy) is 1. The van der Waals surface area contributed by atoms with E-state index in [9.17, 15) is 27.5 Å². The molecule has 0 spiro atoms. The molecule has 0 saturated heterocycles. The van der Waals surface area contributed by atoms with Crippen LogP contribution in [0.1, 0.15) is 45.0 Å². The average Bonchev–Trinajstić information content (AvgIpc) is 3.60. The molecule has 13 heteroatoms. The summed E-state index contributed by atoms with van der Waals surface area (Å²) >= 11 is 1.41. The van der Waals surface area contributed by atoms with Gasteiger partial charge >= 0.3 is 5.97 Å². The number of halogens is 1. The van der Waals surface area contributed by atoms with Crippen LogP contribution >= 0.6 is 11.3 Å². The number of hydrogen-bond acceptors (Lipinski definition) is 8. The number of imidazole rings is 1. The lowest BCUT2D eigenvalue weighted by atomic mass is 9.94. The zero-order chi connectivity index (χ0) is 29.6. The first-order valence-corrected chi connectivity index (χ1v) is 15.6. The summed E-state index contributed by atoms with van der Waals surface area (Å²) in [5, 5.41) is 14.5. The molecular formula is C28H29FN4O6S2. The number of carboxylic acid groups (broad SMARTS) is 1. The number of benzene rings is 2. The van der Waals surface area contributed by atoms with Gasteiger partial charge in [-0.3, -0.25) is 4.79 Å². The lowest BCUT2D eigenvalue weighted by Crippen LogP contribution is -2.42. The van der Waals surface area contributed by atoms with Crippen molar-refractivity contribution in [3.8, 4) is 11.1 Å². The highest BCUT2D eigenvalue weighted by Gasteiger charge is 2.26. The number of aromatic amines is 1. The van der Waals surface area contributed by atoms with E-state index in [2.05, 4.69) is 20.3 Å². The summed E-state index contributed by atoms with van der Waals surface area (Å²) in [5.74, 6) is -2.12. The highest BCUT2D eigenvalue weighted by molar-refractivity contribution is 7.90. The van der Waals surface area contributed by atoms with E-state index in [-0.39, 0.29) is 12.0 Å². The van der Waals surface area contributed by atoms with Crippen molar-refractivity contribution in [1.29, 1.82) is 0 Å². The first kappa shape index (κ1) is 30.0. The average molecular weight is 601 g/mol. The van der Waals surface area contributed by atoms with Crippen molar-refractivity contribution in [1.82, 2.24) is 20.3 Å². The Kier molecular flexibility index (Phi) is 9.63. The molecule has 0 aliphatic carbocycles. The zero-order valence-corrected chi connectivity index (χ0v) is 24.0. The Morgan fingerprint density at radius 1 is 1.17 bits per heavy atom. The number of thiazole rings is 1. The van der Waals surface area contributed by atoms with Crippen molar-refractivity contribution in [2.24, 2.45) is 0 Å². The second-order valence-corrected chi connectivity index (χ2v) is 12.6. The molecule has 2 aromatic carbocycles. The normalized spacial score (nSPS) is 13.0. The van der Waals surface area contributed by atoms with Crippen LogP contribution in [0.25, 0.3) is 11.1 Å². The predicted octanol–water partition coefficient (Wildman–Crippen LogP) is 3.95. The molecule has 0 fully saturated rings. The molecule has 2 atom stereocenters. The molecule has 0 radical (unpaired) electrons. The number of carbonyl (C=O) groups excluding carboxylic acids is 1. The van der Waals surface area contributed by atoms with Crippen LogP contribution in [-0.4, -0.2) is 65.0 Å². The van der Waals surface area contributed by atoms with Crippen LogP contribution < -0.4 is 5.32 Å². The van der Waals surface area contributed by atoms with Crippen molar-refractivity contribution in [3.05, 3.63) is 93.7 Å². The standard InChI is InChI=1S/C28H29FN4O6S2/c1-17-31-16-21(32-17)9-12-39-25(27-30-11-13-40-27)19-5-8-22(23(15-19)18-3-6-20(29)7-4-18)26(34)33-24(28(35)36)10-14-41(2,37)38/h3-8,11,13,15-16,24-25H,9-10,12,14H2,1-2H3,(H,31,32)(H,33,34)(H,35,36)/t24-,25?/m0/s1. The highest BCUT2D eigenvalue weighted by atomic mass is 32.2. The molecular weight excluding hydrogens is 571 g/mol. The maximum absolute atomic E-state index is 13.8. The Hall–Kier alpha value is -3.94. The molecule has 4 aromatic rings. The lowest BCUT2D eigenvalue weighted by Gasteiger charge is -2.20. The van der Waals surface area contributed by atoms with Crippen LogP contribution in [-0.2, 0) is 25.8 Å². The number of nitrogens with zero attached hydrogens (tertiary/aromatic N) is 2. The predicted molar refractivity (Wildman–Crippen MR) is 152 cm³/mol. The fourth-order valence-electron chi connectivity index (χ4n) is 4.18. The lowest BCUT2D eigenvalue weighted by molar-refractivity contribution is -0.139. The smallest absolute Gasteiger partial charge is 0.326 e. The second kappa shape index (κ2) is 13.1. The summed E-state index contributed by atoms with van der Waals surface area (Å²) in [6.07, 6.45) is 4.13. The molecule has 4 rings (SSSR count). The Morgan fingerprint density at radius 3 is 2.54 bits per heavy atom. The minimum Gasteiger partial charge on any atom is -0.480 e. The third-order valence-corrected chi connectivity index (χ3v) is 8.01. The SMILES string of the molecule is Cc1ncc(CCOC(c2ccc(C(=O)N[C@@H](CCS(C)(=O)=O)C(=O)O)c(-c3ccc(F)cc3)c2)c2nccs2)[nH]1. The molecule has 0 aliphatic heterocycles. The Labute approximate surface area is 240 Å². The van der Waals surface area contributed by atoms with Gasteiger partial charge in [-0.2, -0.15) is 0 Å². The quantitative estimate of drug-likeness (QED) is 0.209. The maximum atomic E-state index is 13.8. The molecule has 216 valence electrons. The maximum Gasteiger partial charge on any atom is 0.326 e. The highest BCUT2D eigenvalue weighted by Crippen LogP contribution is 2.33. The number of aryl methyl sites for hydroxylation is 1. The van der Waals surface area contributed by atoms with E-state index in [1.807, 2.05) is 12.3 Å². The van der Waals surface area contributed by atoms with E-state index >= 15 is 0 Å². The molecule has 1 amide bonds. The number of nitrogens with one attached hydrogen (secondary N) is 2. The summed E-state index contributed by atoms with van der Waals surface area (Å²) in [6.45, 7) is 2.21. The van der Waals surface area contributed by atoms with Gasteiger partial charge in [-0.05, 0) is 54.3 Å². The van der Waals surface area contributed by atoms with Crippen LogP contribution in [0.3, 0.4) is 0 Å². The van der Waals surface area contributed by atoms with Crippen LogP contribution in [0, 0.1) is 12.7 Å². The van der Waals surface area contributed by atoms with Crippen molar-refractivity contribution in [2.75, 3.05) is 18.6 Å². The third-order valence-electron chi connectivity index (χ3n) is 6.21. The summed E-state index contributed by atoms with van der Waals surface area (Å²) in [6, 6.07) is 9.11. The number of aliphatic carboxylic acids is 1. The summed E-state index contributed by atoms with van der Waals surface area (Å²) in [5.41, 5.74) is 2.68. The fraction of sp³-hybridized carbons (Fsp3) is 0.286. The van der Waals surface area contributed by atoms with Crippen molar-refractivity contribution >= 4 is 33.1 Å². The van der Waals surface area contributed by atoms with Gasteiger partial charge in [0, 0.05) is 41.7 Å². The van der Waals surface area contributed by atoms with Crippen molar-refractivity contribution in [2.45, 2.75) is 31.9 Å². The van der Waals surface area contributed by atoms with Crippen LogP contribution in [0.4, 0.5) is 4.39 Å². The van der Waals surface area contributed by atoms with Gasteiger partial charge in [0.15, 0.2) is 0 Å². The van der Waals surface area contributed by atoms with Crippen LogP contribution in [0.15, 0.2) is 60.2 Å². The first-order chi connectivity index (χ1) is 19.5. The number of carboxylic acids is 1. The van der Waals surface area contributed by atoms with Gasteiger partial charge in [0.1, 0.15) is 38.6 Å². The fourth-order valence-corrected chi connectivity index (χ4v) is 5.55. The summed E-state index contributed by atoms with van der Waals surface area (Å²) in [7, 11) is -3.44. The number of hydrogen-bond donors (Lipinski definition) is 3. The molecule has 0 aliphatic rings. The van der Waals surface area contributed by atoms with Gasteiger partial charge in [0.25, 0.3) is 5.91 Å². The third kappa shape index (κ3) is 8.28. The van der Waals surface area contributed by atoms with E-state index in [0.717, 1.165) is 17.8 Å². The number of sulfone groups is 1. The Morgan fingerprint density at radius 2 is 1.93 bits per heavy atom. The van der Waals surface area contributed by atoms with Gasteiger partial charge in [-0.1, -0.05) is 18.2 Å². The zero-order valence-electron chi connectivity index (χ0n) is 22.3. The molecule has 2 aromatic heterocycles. The van der Waals surface area contributed by atoms with E-state index in [4.69, 9.17) is 4.74 Å². The van der Waals surface area contributed by atoms with Crippen LogP contribution in [0.2, 0.25) is 0 Å². The van der Waals surface area contributed by atoms with Gasteiger partial charge < -0.3 is 20.1 Å². The molecule has 3 N–H and O–H groups in total. The van der Waals surface area contributed by atoms with E-state index in [1.54, 1.807) is 30.6 Å². The van der Waals surface area contributed by atoms with Gasteiger partial charge in [-0.15, -0.1) is 11.3 Å². The largest absolute Gasteiger partial charge is 0.480 e. The number of amides is 1. The number of H-pyrrole nitrogens is 1. The minimum atomic E-state index is -3.44. The van der Waals surface area contributed by atoms with Gasteiger partial charge in [0.05, 0.1) is 12.4 Å². The monoisotopic (exact) mass is 600 g/mol. The number of rotatable bonds is 13. The first-order valence-electron chi connectivity index (χ1n) is 12.6. The summed E-state index contributed by atoms with van der Waals surface area (Å²) in [4.78, 5) is 36.9. The Balaban J connectivity index is 1.67. The van der Waals surface area contributed by atoms with E-state index in [1.165, 1.54) is 35.6 Å². The minimum absolute atomic E-state index is 0.136. The molecule has 0 bridgehead atoms. The van der Waals surface area contributed by atoms with Crippen molar-refractivity contribution in [3.63, 3.8) is 0 Å². The van der Waals surface area contributed by atoms with Crippen LogP contribution in [0.5, 0.6) is 0 Å².